The van der Waals surface area contributed by atoms with Crippen LogP contribution in [0.2, 0.25) is 0 Å². The Kier molecular flexibility index (Phi) is 2.66. The molecule has 0 amide bonds. The molecular formula is C12H17ClN2O. The smallest absolute Gasteiger partial charge is 0.229 e. The van der Waals surface area contributed by atoms with E-state index in [-0.39, 0.29) is 5.38 Å². The van der Waals surface area contributed by atoms with E-state index in [2.05, 4.69) is 17.1 Å². The Labute approximate surface area is 101 Å². The van der Waals surface area contributed by atoms with Gasteiger partial charge in [0.25, 0.3) is 0 Å². The van der Waals surface area contributed by atoms with Crippen molar-refractivity contribution in [1.82, 2.24) is 10.1 Å². The third-order valence-corrected chi connectivity index (χ3v) is 4.29. The van der Waals surface area contributed by atoms with Gasteiger partial charge in [-0.15, -0.1) is 11.6 Å². The Morgan fingerprint density at radius 3 is 2.81 bits per heavy atom. The molecular weight excluding hydrogens is 224 g/mol. The predicted octanol–water partition coefficient (Wildman–Crippen LogP) is 3.66. The molecule has 0 saturated heterocycles. The molecule has 3 nitrogen and oxygen atoms in total. The van der Waals surface area contributed by atoms with Gasteiger partial charge >= 0.3 is 0 Å². The second-order valence-corrected chi connectivity index (χ2v) is 5.70. The maximum Gasteiger partial charge on any atom is 0.229 e. The summed E-state index contributed by atoms with van der Waals surface area (Å²) in [5.74, 6) is 3.91. The Bertz CT molecular complexity index is 369. The Hall–Kier alpha value is -0.570. The Morgan fingerprint density at radius 2 is 2.12 bits per heavy atom. The van der Waals surface area contributed by atoms with Crippen molar-refractivity contribution in [2.75, 3.05) is 0 Å². The van der Waals surface area contributed by atoms with Gasteiger partial charge < -0.3 is 4.52 Å². The zero-order chi connectivity index (χ0) is 11.1. The van der Waals surface area contributed by atoms with Crippen molar-refractivity contribution in [3.05, 3.63) is 11.7 Å². The van der Waals surface area contributed by atoms with Crippen molar-refractivity contribution < 1.29 is 4.52 Å². The fraction of sp³-hybridized carbons (Fsp3) is 0.833. The molecule has 3 atom stereocenters. The summed E-state index contributed by atoms with van der Waals surface area (Å²) in [5, 5.41) is 3.92. The molecule has 2 aliphatic carbocycles. The topological polar surface area (TPSA) is 38.9 Å². The van der Waals surface area contributed by atoms with Gasteiger partial charge in [-0.3, -0.25) is 0 Å². The van der Waals surface area contributed by atoms with Gasteiger partial charge in [0.2, 0.25) is 5.89 Å². The van der Waals surface area contributed by atoms with Crippen LogP contribution in [0.15, 0.2) is 4.52 Å². The zero-order valence-electron chi connectivity index (χ0n) is 9.53. The highest BCUT2D eigenvalue weighted by Gasteiger charge is 2.47. The number of alkyl halides is 1. The molecule has 3 unspecified atom stereocenters. The van der Waals surface area contributed by atoms with E-state index in [1.807, 2.05) is 0 Å². The summed E-state index contributed by atoms with van der Waals surface area (Å²) < 4.78 is 5.34. The lowest BCUT2D eigenvalue weighted by Crippen LogP contribution is -1.97. The number of rotatable bonds is 4. The van der Waals surface area contributed by atoms with Crippen molar-refractivity contribution in [3.8, 4) is 0 Å². The second-order valence-electron chi connectivity index (χ2n) is 5.17. The molecule has 0 aliphatic heterocycles. The third kappa shape index (κ3) is 1.86. The number of hydrogen-bond acceptors (Lipinski definition) is 3. The molecule has 3 rings (SSSR count). The van der Waals surface area contributed by atoms with Crippen LogP contribution in [-0.2, 0) is 0 Å². The molecule has 16 heavy (non-hydrogen) atoms. The Morgan fingerprint density at radius 1 is 1.38 bits per heavy atom. The molecule has 88 valence electrons. The first kappa shape index (κ1) is 10.6. The lowest BCUT2D eigenvalue weighted by molar-refractivity contribution is 0.342. The van der Waals surface area contributed by atoms with Gasteiger partial charge in [-0.2, -0.15) is 4.98 Å². The summed E-state index contributed by atoms with van der Waals surface area (Å²) >= 11 is 6.18. The number of halogens is 1. The molecule has 2 saturated carbocycles. The molecule has 1 aromatic rings. The third-order valence-electron chi connectivity index (χ3n) is 3.87. The molecule has 0 radical (unpaired) electrons. The van der Waals surface area contributed by atoms with E-state index in [9.17, 15) is 0 Å². The van der Waals surface area contributed by atoms with Gasteiger partial charge in [0, 0.05) is 5.92 Å². The minimum absolute atomic E-state index is 0.0848. The molecule has 0 bridgehead atoms. The van der Waals surface area contributed by atoms with Gasteiger partial charge in [0.1, 0.15) is 0 Å². The van der Waals surface area contributed by atoms with Gasteiger partial charge in [-0.05, 0) is 37.5 Å². The molecule has 1 aromatic heterocycles. The highest BCUT2D eigenvalue weighted by molar-refractivity contribution is 6.20. The summed E-state index contributed by atoms with van der Waals surface area (Å²) in [4.78, 5) is 4.46. The minimum atomic E-state index is -0.0848. The fourth-order valence-electron chi connectivity index (χ4n) is 2.84. The standard InChI is InChI=1S/C12H17ClN2O/c1-2-3-10(13)11-14-12(16-15-11)9-5-7-4-8(7)6-9/h7-10H,2-6H2,1H3. The predicted molar refractivity (Wildman–Crippen MR) is 61.4 cm³/mol. The fourth-order valence-corrected chi connectivity index (χ4v) is 3.15. The summed E-state index contributed by atoms with van der Waals surface area (Å²) in [6.45, 7) is 2.11. The van der Waals surface area contributed by atoms with E-state index in [0.29, 0.717) is 11.7 Å². The highest BCUT2D eigenvalue weighted by atomic mass is 35.5. The van der Waals surface area contributed by atoms with Crippen molar-refractivity contribution in [2.45, 2.75) is 50.3 Å². The van der Waals surface area contributed by atoms with Crippen LogP contribution in [0.25, 0.3) is 0 Å². The maximum absolute atomic E-state index is 6.18. The van der Waals surface area contributed by atoms with Crippen molar-refractivity contribution in [2.24, 2.45) is 11.8 Å². The first-order chi connectivity index (χ1) is 7.78. The van der Waals surface area contributed by atoms with Gasteiger partial charge in [-0.25, -0.2) is 0 Å². The summed E-state index contributed by atoms with van der Waals surface area (Å²) in [5.41, 5.74) is 0. The molecule has 0 N–H and O–H groups in total. The average molecular weight is 241 g/mol. The number of aromatic nitrogens is 2. The van der Waals surface area contributed by atoms with Crippen LogP contribution in [-0.4, -0.2) is 10.1 Å². The first-order valence-corrected chi connectivity index (χ1v) is 6.69. The van der Waals surface area contributed by atoms with Crippen molar-refractivity contribution in [3.63, 3.8) is 0 Å². The summed E-state index contributed by atoms with van der Waals surface area (Å²) in [6, 6.07) is 0. The van der Waals surface area contributed by atoms with Crippen LogP contribution >= 0.6 is 11.6 Å². The summed E-state index contributed by atoms with van der Waals surface area (Å²) in [6.07, 6.45) is 5.87. The van der Waals surface area contributed by atoms with Crippen LogP contribution in [0.3, 0.4) is 0 Å². The zero-order valence-corrected chi connectivity index (χ0v) is 10.3. The van der Waals surface area contributed by atoms with Gasteiger partial charge in [0.15, 0.2) is 5.82 Å². The largest absolute Gasteiger partial charge is 0.339 e. The highest BCUT2D eigenvalue weighted by Crippen LogP contribution is 2.57. The molecule has 0 spiro atoms. The van der Waals surface area contributed by atoms with E-state index in [1.54, 1.807) is 0 Å². The van der Waals surface area contributed by atoms with Gasteiger partial charge in [-0.1, -0.05) is 18.5 Å². The SMILES string of the molecule is CCCC(Cl)c1noc(C2CC3CC3C2)n1. The molecule has 1 heterocycles. The minimum Gasteiger partial charge on any atom is -0.339 e. The molecule has 0 aromatic carbocycles. The van der Waals surface area contributed by atoms with E-state index in [0.717, 1.165) is 30.6 Å². The average Bonchev–Trinajstić information content (AvgIpc) is 2.74. The van der Waals surface area contributed by atoms with Crippen LogP contribution in [0.1, 0.15) is 62.0 Å². The summed E-state index contributed by atoms with van der Waals surface area (Å²) in [7, 11) is 0. The second kappa shape index (κ2) is 4.02. The van der Waals surface area contributed by atoms with Crippen molar-refractivity contribution >= 4 is 11.6 Å². The lowest BCUT2D eigenvalue weighted by Gasteiger charge is -2.04. The Balaban J connectivity index is 1.67. The van der Waals surface area contributed by atoms with E-state index >= 15 is 0 Å². The van der Waals surface area contributed by atoms with Crippen LogP contribution < -0.4 is 0 Å². The number of fused-ring (bicyclic) bond motifs is 1. The molecule has 2 fully saturated rings. The quantitative estimate of drug-likeness (QED) is 0.754. The first-order valence-electron chi connectivity index (χ1n) is 6.25. The monoisotopic (exact) mass is 240 g/mol. The van der Waals surface area contributed by atoms with Crippen LogP contribution in [0.5, 0.6) is 0 Å². The van der Waals surface area contributed by atoms with Crippen molar-refractivity contribution in [1.29, 1.82) is 0 Å². The maximum atomic E-state index is 6.18. The number of nitrogens with zero attached hydrogens (tertiary/aromatic N) is 2. The normalized spacial score (nSPS) is 33.8. The van der Waals surface area contributed by atoms with E-state index in [1.165, 1.54) is 19.3 Å². The molecule has 2 aliphatic rings. The molecule has 4 heteroatoms. The van der Waals surface area contributed by atoms with Gasteiger partial charge in [0.05, 0.1) is 5.38 Å². The van der Waals surface area contributed by atoms with E-state index < -0.39 is 0 Å². The lowest BCUT2D eigenvalue weighted by atomic mass is 10.0. The number of hydrogen-bond donors (Lipinski definition) is 0. The van der Waals surface area contributed by atoms with Crippen LogP contribution in [0, 0.1) is 11.8 Å². The van der Waals surface area contributed by atoms with Crippen LogP contribution in [0.4, 0.5) is 0 Å². The van der Waals surface area contributed by atoms with E-state index in [4.69, 9.17) is 16.1 Å².